The molecule has 0 radical (unpaired) electrons. The summed E-state index contributed by atoms with van der Waals surface area (Å²) in [6.07, 6.45) is 1.45. The third-order valence-electron chi connectivity index (χ3n) is 3.74. The first-order valence-corrected chi connectivity index (χ1v) is 7.51. The van der Waals surface area contributed by atoms with E-state index in [2.05, 4.69) is 4.90 Å². The smallest absolute Gasteiger partial charge is 0.151 e. The lowest BCUT2D eigenvalue weighted by molar-refractivity contribution is -0.124. The van der Waals surface area contributed by atoms with Crippen LogP contribution in [0.3, 0.4) is 0 Å². The molecule has 2 rings (SSSR count). The minimum absolute atomic E-state index is 0.165. The second kappa shape index (κ2) is 7.55. The van der Waals surface area contributed by atoms with Gasteiger partial charge in [-0.2, -0.15) is 0 Å². The van der Waals surface area contributed by atoms with Crippen LogP contribution in [0.5, 0.6) is 0 Å². The molecule has 20 heavy (non-hydrogen) atoms. The molecule has 0 bridgehead atoms. The Labute approximate surface area is 122 Å². The van der Waals surface area contributed by atoms with Gasteiger partial charge < -0.3 is 5.11 Å². The molecule has 112 valence electrons. The van der Waals surface area contributed by atoms with Crippen molar-refractivity contribution >= 4 is 5.78 Å². The van der Waals surface area contributed by atoms with Gasteiger partial charge in [0.2, 0.25) is 0 Å². The quantitative estimate of drug-likeness (QED) is 0.922. The summed E-state index contributed by atoms with van der Waals surface area (Å²) >= 11 is 0. The van der Waals surface area contributed by atoms with Crippen LogP contribution in [0.15, 0.2) is 30.3 Å². The molecule has 3 nitrogen and oxygen atoms in total. The summed E-state index contributed by atoms with van der Waals surface area (Å²) < 4.78 is 0. The van der Waals surface area contributed by atoms with Gasteiger partial charge in [0.05, 0.1) is 11.6 Å². The van der Waals surface area contributed by atoms with Crippen LogP contribution in [0.25, 0.3) is 0 Å². The van der Waals surface area contributed by atoms with Gasteiger partial charge in [-0.3, -0.25) is 9.69 Å². The summed E-state index contributed by atoms with van der Waals surface area (Å²) in [6, 6.07) is 9.72. The van der Waals surface area contributed by atoms with Crippen molar-refractivity contribution in [1.29, 1.82) is 0 Å². The lowest BCUT2D eigenvalue weighted by Crippen LogP contribution is -2.45. The van der Waals surface area contributed by atoms with Crippen molar-refractivity contribution in [2.45, 2.75) is 52.2 Å². The number of piperidine rings is 1. The summed E-state index contributed by atoms with van der Waals surface area (Å²) in [5.74, 6) is 0.169. The molecule has 1 unspecified atom stereocenters. The van der Waals surface area contributed by atoms with E-state index >= 15 is 0 Å². The van der Waals surface area contributed by atoms with Crippen molar-refractivity contribution in [3.63, 3.8) is 0 Å². The zero-order chi connectivity index (χ0) is 15.2. The van der Waals surface area contributed by atoms with Gasteiger partial charge in [0.25, 0.3) is 0 Å². The third-order valence-corrected chi connectivity index (χ3v) is 3.74. The van der Waals surface area contributed by atoms with Crippen molar-refractivity contribution in [2.75, 3.05) is 13.1 Å². The van der Waals surface area contributed by atoms with E-state index in [1.165, 1.54) is 0 Å². The molecule has 0 saturated carbocycles. The number of carbonyl (C=O) groups is 1. The summed E-state index contributed by atoms with van der Waals surface area (Å²) in [5.41, 5.74) is 0.473. The molecule has 1 saturated heterocycles. The van der Waals surface area contributed by atoms with Gasteiger partial charge in [0.15, 0.2) is 5.78 Å². The van der Waals surface area contributed by atoms with E-state index in [9.17, 15) is 9.90 Å². The van der Waals surface area contributed by atoms with Crippen LogP contribution in [-0.4, -0.2) is 34.5 Å². The first-order chi connectivity index (χ1) is 9.49. The zero-order valence-corrected chi connectivity index (χ0v) is 13.1. The van der Waals surface area contributed by atoms with Crippen LogP contribution in [0, 0.1) is 0 Å². The lowest BCUT2D eigenvalue weighted by Gasteiger charge is -2.39. The van der Waals surface area contributed by atoms with Crippen LogP contribution in [0.4, 0.5) is 0 Å². The van der Waals surface area contributed by atoms with Crippen LogP contribution in [0.2, 0.25) is 0 Å². The highest BCUT2D eigenvalue weighted by Crippen LogP contribution is 2.29. The highest BCUT2D eigenvalue weighted by molar-refractivity contribution is 5.82. The number of rotatable bonds is 3. The maximum atomic E-state index is 11.9. The van der Waals surface area contributed by atoms with Crippen molar-refractivity contribution in [3.8, 4) is 0 Å². The molecule has 0 aromatic heterocycles. The van der Waals surface area contributed by atoms with Gasteiger partial charge in [-0.15, -0.1) is 0 Å². The number of likely N-dealkylation sites (tertiary alicyclic amines) is 1. The van der Waals surface area contributed by atoms with Crippen molar-refractivity contribution in [1.82, 2.24) is 4.90 Å². The number of benzene rings is 1. The van der Waals surface area contributed by atoms with Crippen molar-refractivity contribution < 1.29 is 9.90 Å². The molecule has 1 aliphatic heterocycles. The molecule has 1 heterocycles. The third kappa shape index (κ3) is 4.43. The zero-order valence-electron chi connectivity index (χ0n) is 13.1. The Balaban J connectivity index is 0.000000956. The average molecular weight is 277 g/mol. The minimum atomic E-state index is -0.575. The van der Waals surface area contributed by atoms with E-state index in [4.69, 9.17) is 0 Å². The Kier molecular flexibility index (Phi) is 6.37. The molecule has 1 aromatic rings. The number of carbonyl (C=O) groups excluding carboxylic acids is 1. The van der Waals surface area contributed by atoms with Crippen LogP contribution < -0.4 is 0 Å². The van der Waals surface area contributed by atoms with E-state index in [0.717, 1.165) is 31.5 Å². The maximum absolute atomic E-state index is 11.9. The second-order valence-electron chi connectivity index (χ2n) is 5.46. The number of ketones is 1. The number of Topliss-reactive ketones (excluding diaryl/α,β-unsaturated/α-hetero) is 1. The van der Waals surface area contributed by atoms with Gasteiger partial charge >= 0.3 is 0 Å². The van der Waals surface area contributed by atoms with E-state index < -0.39 is 5.60 Å². The Morgan fingerprint density at radius 3 is 2.15 bits per heavy atom. The minimum Gasteiger partial charge on any atom is -0.390 e. The highest BCUT2D eigenvalue weighted by atomic mass is 16.3. The fraction of sp³-hybridized carbons (Fsp3) is 0.588. The molecule has 1 aliphatic rings. The van der Waals surface area contributed by atoms with Crippen molar-refractivity contribution in [2.24, 2.45) is 0 Å². The van der Waals surface area contributed by atoms with E-state index in [1.54, 1.807) is 6.92 Å². The number of hydrogen-bond donors (Lipinski definition) is 1. The van der Waals surface area contributed by atoms with Gasteiger partial charge in [-0.1, -0.05) is 44.2 Å². The molecule has 1 aromatic carbocycles. The lowest BCUT2D eigenvalue weighted by atomic mass is 9.91. The fourth-order valence-electron chi connectivity index (χ4n) is 2.60. The van der Waals surface area contributed by atoms with E-state index in [-0.39, 0.29) is 11.8 Å². The largest absolute Gasteiger partial charge is 0.390 e. The van der Waals surface area contributed by atoms with Gasteiger partial charge in [0, 0.05) is 13.1 Å². The topological polar surface area (TPSA) is 40.5 Å². The maximum Gasteiger partial charge on any atom is 0.151 e. The normalized spacial score (nSPS) is 19.6. The summed E-state index contributed by atoms with van der Waals surface area (Å²) in [6.45, 7) is 9.05. The fourth-order valence-corrected chi connectivity index (χ4v) is 2.60. The van der Waals surface area contributed by atoms with Gasteiger partial charge in [-0.25, -0.2) is 0 Å². The molecular weight excluding hydrogens is 250 g/mol. The van der Waals surface area contributed by atoms with E-state index in [0.29, 0.717) is 0 Å². The first-order valence-electron chi connectivity index (χ1n) is 7.51. The SMILES string of the molecule is CC.CC(=O)C(c1ccccc1)N1CCC(C)(O)CC1. The Bertz CT molecular complexity index is 404. The van der Waals surface area contributed by atoms with Gasteiger partial charge in [0.1, 0.15) is 0 Å². The first kappa shape index (κ1) is 16.9. The number of nitrogens with zero attached hydrogens (tertiary/aromatic N) is 1. The molecule has 0 amide bonds. The van der Waals surface area contributed by atoms with E-state index in [1.807, 2.05) is 51.1 Å². The molecular formula is C17H27NO2. The Hall–Kier alpha value is -1.19. The molecule has 1 fully saturated rings. The predicted molar refractivity (Wildman–Crippen MR) is 82.6 cm³/mol. The molecule has 1 atom stereocenters. The molecule has 3 heteroatoms. The number of aliphatic hydroxyl groups is 1. The summed E-state index contributed by atoms with van der Waals surface area (Å²) in [7, 11) is 0. The standard InChI is InChI=1S/C15H21NO2.C2H6/c1-12(17)14(13-6-4-3-5-7-13)16-10-8-15(2,18)9-11-16;1-2/h3-7,14,18H,8-11H2,1-2H3;1-2H3. The van der Waals surface area contributed by atoms with Crippen LogP contribution in [-0.2, 0) is 4.79 Å². The predicted octanol–water partition coefficient (Wildman–Crippen LogP) is 3.19. The average Bonchev–Trinajstić information content (AvgIpc) is 2.44. The molecule has 0 spiro atoms. The van der Waals surface area contributed by atoms with Crippen LogP contribution in [0.1, 0.15) is 52.1 Å². The Morgan fingerprint density at radius 2 is 1.70 bits per heavy atom. The van der Waals surface area contributed by atoms with Crippen LogP contribution >= 0.6 is 0 Å². The Morgan fingerprint density at radius 1 is 1.20 bits per heavy atom. The highest BCUT2D eigenvalue weighted by Gasteiger charge is 2.33. The number of hydrogen-bond acceptors (Lipinski definition) is 3. The summed E-state index contributed by atoms with van der Waals surface area (Å²) in [4.78, 5) is 14.1. The molecule has 0 aliphatic carbocycles. The second-order valence-corrected chi connectivity index (χ2v) is 5.46. The summed E-state index contributed by atoms with van der Waals surface area (Å²) in [5, 5.41) is 9.97. The van der Waals surface area contributed by atoms with Crippen molar-refractivity contribution in [3.05, 3.63) is 35.9 Å². The molecule has 1 N–H and O–H groups in total. The monoisotopic (exact) mass is 277 g/mol. The van der Waals surface area contributed by atoms with Gasteiger partial charge in [-0.05, 0) is 32.3 Å².